The maximum atomic E-state index is 9.82. The van der Waals surface area contributed by atoms with E-state index in [4.69, 9.17) is 0 Å². The second kappa shape index (κ2) is 5.20. The molecule has 1 fully saturated rings. The van der Waals surface area contributed by atoms with Crippen LogP contribution in [0.25, 0.3) is 0 Å². The van der Waals surface area contributed by atoms with Gasteiger partial charge in [-0.15, -0.1) is 6.58 Å². The topological polar surface area (TPSA) is 20.2 Å². The van der Waals surface area contributed by atoms with Gasteiger partial charge in [0.2, 0.25) is 0 Å². The van der Waals surface area contributed by atoms with Crippen LogP contribution in [0, 0.1) is 5.92 Å². The molecule has 0 atom stereocenters. The van der Waals surface area contributed by atoms with E-state index in [0.29, 0.717) is 11.7 Å². The van der Waals surface area contributed by atoms with Gasteiger partial charge in [-0.2, -0.15) is 0 Å². The number of allylic oxidation sites excluding steroid dienone is 1. The molecule has 1 saturated carbocycles. The van der Waals surface area contributed by atoms with Gasteiger partial charge in [-0.3, -0.25) is 0 Å². The Morgan fingerprint density at radius 2 is 1.88 bits per heavy atom. The molecule has 1 aliphatic rings. The average molecular weight is 216 g/mol. The minimum atomic E-state index is 0.467. The summed E-state index contributed by atoms with van der Waals surface area (Å²) in [5.74, 6) is 1.84. The highest BCUT2D eigenvalue weighted by Crippen LogP contribution is 2.39. The van der Waals surface area contributed by atoms with Crippen LogP contribution >= 0.6 is 0 Å². The number of benzene rings is 1. The predicted molar refractivity (Wildman–Crippen MR) is 67.6 cm³/mol. The van der Waals surface area contributed by atoms with Crippen LogP contribution < -0.4 is 0 Å². The summed E-state index contributed by atoms with van der Waals surface area (Å²) in [6.07, 6.45) is 8.13. The van der Waals surface area contributed by atoms with Crippen molar-refractivity contribution in [3.8, 4) is 5.75 Å². The molecule has 0 bridgehead atoms. The monoisotopic (exact) mass is 216 g/mol. The van der Waals surface area contributed by atoms with E-state index < -0.39 is 0 Å². The van der Waals surface area contributed by atoms with Crippen LogP contribution in [0.1, 0.15) is 43.6 Å². The summed E-state index contributed by atoms with van der Waals surface area (Å²) in [6, 6.07) is 7.77. The molecule has 1 heteroatoms. The van der Waals surface area contributed by atoms with Gasteiger partial charge in [0.05, 0.1) is 0 Å². The molecule has 0 aliphatic heterocycles. The van der Waals surface area contributed by atoms with Crippen molar-refractivity contribution in [1.82, 2.24) is 0 Å². The first-order chi connectivity index (χ1) is 7.81. The molecular formula is C15H20O. The smallest absolute Gasteiger partial charge is 0.119 e. The van der Waals surface area contributed by atoms with Gasteiger partial charge in [0.15, 0.2) is 0 Å². The SMILES string of the molecule is C=CCC1CCC(c2ccccc2O)CC1. The molecule has 0 saturated heterocycles. The standard InChI is InChI=1S/C15H20O/c1-2-5-12-8-10-13(11-9-12)14-6-3-4-7-15(14)16/h2-4,6-7,12-13,16H,1,5,8-11H2. The minimum Gasteiger partial charge on any atom is -0.508 e. The highest BCUT2D eigenvalue weighted by molar-refractivity contribution is 5.35. The first-order valence-electron chi connectivity index (χ1n) is 6.20. The van der Waals surface area contributed by atoms with Crippen LogP contribution in [0.15, 0.2) is 36.9 Å². The van der Waals surface area contributed by atoms with Gasteiger partial charge in [0, 0.05) is 0 Å². The fourth-order valence-corrected chi connectivity index (χ4v) is 2.78. The summed E-state index contributed by atoms with van der Waals surface area (Å²) < 4.78 is 0. The second-order valence-electron chi connectivity index (χ2n) is 4.80. The van der Waals surface area contributed by atoms with Crippen LogP contribution in [0.2, 0.25) is 0 Å². The molecule has 1 aliphatic carbocycles. The first kappa shape index (κ1) is 11.3. The highest BCUT2D eigenvalue weighted by Gasteiger charge is 2.22. The van der Waals surface area contributed by atoms with E-state index >= 15 is 0 Å². The van der Waals surface area contributed by atoms with Gasteiger partial charge < -0.3 is 5.11 Å². The second-order valence-corrected chi connectivity index (χ2v) is 4.80. The molecule has 0 spiro atoms. The Morgan fingerprint density at radius 1 is 1.19 bits per heavy atom. The van der Waals surface area contributed by atoms with Gasteiger partial charge in [0.1, 0.15) is 5.75 Å². The summed E-state index contributed by atoms with van der Waals surface area (Å²) in [5.41, 5.74) is 1.14. The Morgan fingerprint density at radius 3 is 2.50 bits per heavy atom. The van der Waals surface area contributed by atoms with Gasteiger partial charge in [-0.25, -0.2) is 0 Å². The van der Waals surface area contributed by atoms with Gasteiger partial charge in [0.25, 0.3) is 0 Å². The average Bonchev–Trinajstić information content (AvgIpc) is 2.31. The van der Waals surface area contributed by atoms with E-state index in [9.17, 15) is 5.11 Å². The van der Waals surface area contributed by atoms with Gasteiger partial charge in [-0.05, 0) is 55.6 Å². The lowest BCUT2D eigenvalue weighted by atomic mass is 9.77. The maximum absolute atomic E-state index is 9.82. The molecule has 1 nitrogen and oxygen atoms in total. The molecule has 1 N–H and O–H groups in total. The molecule has 16 heavy (non-hydrogen) atoms. The van der Waals surface area contributed by atoms with Crippen LogP contribution in [-0.4, -0.2) is 5.11 Å². The Labute approximate surface area is 97.8 Å². The van der Waals surface area contributed by atoms with Crippen molar-refractivity contribution in [3.63, 3.8) is 0 Å². The summed E-state index contributed by atoms with van der Waals surface area (Å²) in [4.78, 5) is 0. The van der Waals surface area contributed by atoms with E-state index in [1.165, 1.54) is 25.7 Å². The third-order valence-corrected chi connectivity index (χ3v) is 3.72. The van der Waals surface area contributed by atoms with Crippen molar-refractivity contribution in [2.24, 2.45) is 5.92 Å². The zero-order valence-electron chi connectivity index (χ0n) is 9.73. The Bertz CT molecular complexity index is 348. The quantitative estimate of drug-likeness (QED) is 0.749. The molecule has 0 unspecified atom stereocenters. The maximum Gasteiger partial charge on any atom is 0.119 e. The molecule has 86 valence electrons. The molecule has 0 amide bonds. The fraction of sp³-hybridized carbons (Fsp3) is 0.467. The number of hydrogen-bond donors (Lipinski definition) is 1. The summed E-state index contributed by atoms with van der Waals surface area (Å²) in [6.45, 7) is 3.81. The Hall–Kier alpha value is -1.24. The lowest BCUT2D eigenvalue weighted by Crippen LogP contribution is -2.12. The van der Waals surface area contributed by atoms with E-state index in [-0.39, 0.29) is 0 Å². The molecule has 2 rings (SSSR count). The Kier molecular flexibility index (Phi) is 3.66. The minimum absolute atomic E-state index is 0.467. The molecule has 0 heterocycles. The largest absolute Gasteiger partial charge is 0.508 e. The van der Waals surface area contributed by atoms with E-state index in [1.54, 1.807) is 6.07 Å². The van der Waals surface area contributed by atoms with Crippen molar-refractivity contribution >= 4 is 0 Å². The third-order valence-electron chi connectivity index (χ3n) is 3.72. The molecule has 1 aromatic carbocycles. The predicted octanol–water partition coefficient (Wildman–Crippen LogP) is 4.24. The fourth-order valence-electron chi connectivity index (χ4n) is 2.78. The van der Waals surface area contributed by atoms with Crippen LogP contribution in [0.5, 0.6) is 5.75 Å². The molecule has 1 aromatic rings. The van der Waals surface area contributed by atoms with Crippen molar-refractivity contribution in [2.75, 3.05) is 0 Å². The third kappa shape index (κ3) is 2.46. The van der Waals surface area contributed by atoms with Crippen molar-refractivity contribution < 1.29 is 5.11 Å². The normalized spacial score (nSPS) is 25.2. The number of rotatable bonds is 3. The number of para-hydroxylation sites is 1. The van der Waals surface area contributed by atoms with E-state index in [1.807, 2.05) is 18.2 Å². The zero-order chi connectivity index (χ0) is 11.4. The molecule has 0 aromatic heterocycles. The van der Waals surface area contributed by atoms with E-state index in [0.717, 1.165) is 17.9 Å². The zero-order valence-corrected chi connectivity index (χ0v) is 9.73. The Balaban J connectivity index is 1.99. The van der Waals surface area contributed by atoms with Crippen LogP contribution in [-0.2, 0) is 0 Å². The number of phenols is 1. The lowest BCUT2D eigenvalue weighted by molar-refractivity contribution is 0.323. The van der Waals surface area contributed by atoms with Crippen LogP contribution in [0.3, 0.4) is 0 Å². The highest BCUT2D eigenvalue weighted by atomic mass is 16.3. The molecule has 0 radical (unpaired) electrons. The number of phenolic OH excluding ortho intramolecular Hbond substituents is 1. The lowest BCUT2D eigenvalue weighted by Gasteiger charge is -2.28. The van der Waals surface area contributed by atoms with Crippen molar-refractivity contribution in [1.29, 1.82) is 0 Å². The van der Waals surface area contributed by atoms with Crippen molar-refractivity contribution in [3.05, 3.63) is 42.5 Å². The number of hydrogen-bond acceptors (Lipinski definition) is 1. The summed E-state index contributed by atoms with van der Waals surface area (Å²) >= 11 is 0. The van der Waals surface area contributed by atoms with Gasteiger partial charge >= 0.3 is 0 Å². The van der Waals surface area contributed by atoms with Crippen LogP contribution in [0.4, 0.5) is 0 Å². The summed E-state index contributed by atoms with van der Waals surface area (Å²) in [5, 5.41) is 9.82. The first-order valence-corrected chi connectivity index (χ1v) is 6.20. The van der Waals surface area contributed by atoms with Crippen molar-refractivity contribution in [2.45, 2.75) is 38.0 Å². The van der Waals surface area contributed by atoms with E-state index in [2.05, 4.69) is 12.6 Å². The number of aromatic hydroxyl groups is 1. The van der Waals surface area contributed by atoms with Gasteiger partial charge in [-0.1, -0.05) is 24.3 Å². The molecular weight excluding hydrogens is 196 g/mol. The summed E-state index contributed by atoms with van der Waals surface area (Å²) in [7, 11) is 0.